The lowest BCUT2D eigenvalue weighted by Crippen LogP contribution is -2.24. The summed E-state index contributed by atoms with van der Waals surface area (Å²) in [7, 11) is 1.58. The summed E-state index contributed by atoms with van der Waals surface area (Å²) in [5.41, 5.74) is 1.09. The smallest absolute Gasteiger partial charge is 0.350 e. The maximum Gasteiger partial charge on any atom is 0.350 e. The zero-order valence-corrected chi connectivity index (χ0v) is 16.1. The van der Waals surface area contributed by atoms with Gasteiger partial charge in [0.2, 0.25) is 0 Å². The topological polar surface area (TPSA) is 79.3 Å². The summed E-state index contributed by atoms with van der Waals surface area (Å²) >= 11 is 0. The third-order valence-corrected chi connectivity index (χ3v) is 5.11. The molecule has 5 aromatic rings. The SMILES string of the molecule is COc1ccc(-n2ncn(Cc3cc(=O)oc4c3ccc3ccccc34)c2=O)cc1. The monoisotopic (exact) mass is 399 g/mol. The van der Waals surface area contributed by atoms with Crippen LogP contribution in [0.2, 0.25) is 0 Å². The normalized spacial score (nSPS) is 11.2. The summed E-state index contributed by atoms with van der Waals surface area (Å²) in [5, 5.41) is 6.84. The molecule has 5 rings (SSSR count). The fraction of sp³-hybridized carbons (Fsp3) is 0.0870. The molecule has 0 saturated carbocycles. The van der Waals surface area contributed by atoms with Crippen molar-refractivity contribution in [3.8, 4) is 11.4 Å². The standard InChI is InChI=1S/C23H17N3O4/c1-29-18-9-7-17(8-10-18)26-23(28)25(14-24-26)13-16-12-21(27)30-22-19-5-3-2-4-15(19)6-11-20(16)22/h2-12,14H,13H2,1H3. The van der Waals surface area contributed by atoms with Gasteiger partial charge in [-0.05, 0) is 35.2 Å². The van der Waals surface area contributed by atoms with Gasteiger partial charge in [-0.1, -0.05) is 36.4 Å². The average molecular weight is 399 g/mol. The third kappa shape index (κ3) is 2.97. The molecule has 30 heavy (non-hydrogen) atoms. The molecule has 0 radical (unpaired) electrons. The van der Waals surface area contributed by atoms with E-state index in [1.807, 2.05) is 36.4 Å². The predicted molar refractivity (Wildman–Crippen MR) is 113 cm³/mol. The highest BCUT2D eigenvalue weighted by Crippen LogP contribution is 2.26. The summed E-state index contributed by atoms with van der Waals surface area (Å²) in [6.45, 7) is 0.204. The Balaban J connectivity index is 1.59. The van der Waals surface area contributed by atoms with Gasteiger partial charge in [-0.15, -0.1) is 0 Å². The molecule has 0 bridgehead atoms. The molecule has 0 unspecified atom stereocenters. The lowest BCUT2D eigenvalue weighted by atomic mass is 10.0. The molecule has 2 aromatic heterocycles. The van der Waals surface area contributed by atoms with Crippen molar-refractivity contribution in [2.75, 3.05) is 7.11 Å². The van der Waals surface area contributed by atoms with Crippen molar-refractivity contribution in [1.82, 2.24) is 14.3 Å². The highest BCUT2D eigenvalue weighted by Gasteiger charge is 2.13. The molecule has 7 heteroatoms. The highest BCUT2D eigenvalue weighted by atomic mass is 16.5. The fourth-order valence-corrected chi connectivity index (χ4v) is 3.61. The molecule has 0 aliphatic rings. The summed E-state index contributed by atoms with van der Waals surface area (Å²) in [5.74, 6) is 0.695. The van der Waals surface area contributed by atoms with Crippen LogP contribution in [0.1, 0.15) is 5.56 Å². The molecule has 0 atom stereocenters. The van der Waals surface area contributed by atoms with E-state index in [1.165, 1.54) is 21.6 Å². The molecule has 7 nitrogen and oxygen atoms in total. The van der Waals surface area contributed by atoms with Gasteiger partial charge in [0.05, 0.1) is 19.3 Å². The molecule has 148 valence electrons. The molecule has 0 N–H and O–H groups in total. The maximum atomic E-state index is 12.9. The van der Waals surface area contributed by atoms with Crippen molar-refractivity contribution in [3.05, 3.63) is 99.5 Å². The molecular formula is C23H17N3O4. The summed E-state index contributed by atoms with van der Waals surface area (Å²) in [6.07, 6.45) is 1.47. The van der Waals surface area contributed by atoms with E-state index in [2.05, 4.69) is 5.10 Å². The molecule has 0 saturated heterocycles. The third-order valence-electron chi connectivity index (χ3n) is 5.11. The van der Waals surface area contributed by atoms with E-state index in [-0.39, 0.29) is 12.2 Å². The Morgan fingerprint density at radius 3 is 2.57 bits per heavy atom. The first-order valence-electron chi connectivity index (χ1n) is 9.37. The van der Waals surface area contributed by atoms with Gasteiger partial charge in [-0.3, -0.25) is 4.57 Å². The maximum absolute atomic E-state index is 12.9. The van der Waals surface area contributed by atoms with Crippen LogP contribution in [0, 0.1) is 0 Å². The van der Waals surface area contributed by atoms with Crippen LogP contribution in [0.25, 0.3) is 27.4 Å². The van der Waals surface area contributed by atoms with Gasteiger partial charge >= 0.3 is 11.3 Å². The largest absolute Gasteiger partial charge is 0.497 e. The average Bonchev–Trinajstić information content (AvgIpc) is 3.13. The Morgan fingerprint density at radius 1 is 0.967 bits per heavy atom. The van der Waals surface area contributed by atoms with Crippen LogP contribution < -0.4 is 16.1 Å². The quantitative estimate of drug-likeness (QED) is 0.342. The first kappa shape index (κ1) is 17.9. The van der Waals surface area contributed by atoms with E-state index < -0.39 is 5.63 Å². The minimum Gasteiger partial charge on any atom is -0.497 e. The number of ether oxygens (including phenoxy) is 1. The van der Waals surface area contributed by atoms with Gasteiger partial charge in [0.15, 0.2) is 0 Å². The fourth-order valence-electron chi connectivity index (χ4n) is 3.61. The van der Waals surface area contributed by atoms with Crippen LogP contribution >= 0.6 is 0 Å². The summed E-state index contributed by atoms with van der Waals surface area (Å²) in [6, 6.07) is 20.1. The van der Waals surface area contributed by atoms with Crippen LogP contribution in [-0.2, 0) is 6.54 Å². The van der Waals surface area contributed by atoms with Gasteiger partial charge in [0.1, 0.15) is 17.7 Å². The van der Waals surface area contributed by atoms with Crippen molar-refractivity contribution < 1.29 is 9.15 Å². The highest BCUT2D eigenvalue weighted by molar-refractivity contribution is 6.04. The second-order valence-electron chi connectivity index (χ2n) is 6.91. The van der Waals surface area contributed by atoms with Crippen molar-refractivity contribution in [1.29, 1.82) is 0 Å². The first-order chi connectivity index (χ1) is 14.6. The molecule has 0 fully saturated rings. The zero-order chi connectivity index (χ0) is 20.7. The number of benzene rings is 3. The van der Waals surface area contributed by atoms with Crippen molar-refractivity contribution in [2.45, 2.75) is 6.54 Å². The number of hydrogen-bond acceptors (Lipinski definition) is 5. The van der Waals surface area contributed by atoms with Crippen LogP contribution in [0.4, 0.5) is 0 Å². The van der Waals surface area contributed by atoms with Gasteiger partial charge in [0.25, 0.3) is 0 Å². The van der Waals surface area contributed by atoms with E-state index in [0.717, 1.165) is 16.2 Å². The molecule has 0 aliphatic carbocycles. The summed E-state index contributed by atoms with van der Waals surface area (Å²) < 4.78 is 13.4. The molecule has 0 amide bonds. The Labute approximate surface area is 170 Å². The van der Waals surface area contributed by atoms with Gasteiger partial charge in [-0.2, -0.15) is 9.78 Å². The van der Waals surface area contributed by atoms with E-state index in [9.17, 15) is 9.59 Å². The number of nitrogens with zero attached hydrogens (tertiary/aromatic N) is 3. The van der Waals surface area contributed by atoms with Gasteiger partial charge < -0.3 is 9.15 Å². The number of methoxy groups -OCH3 is 1. The van der Waals surface area contributed by atoms with Crippen LogP contribution in [0.5, 0.6) is 5.75 Å². The van der Waals surface area contributed by atoms with E-state index in [1.54, 1.807) is 31.4 Å². The van der Waals surface area contributed by atoms with Crippen molar-refractivity contribution in [2.24, 2.45) is 0 Å². The van der Waals surface area contributed by atoms with E-state index >= 15 is 0 Å². The number of rotatable bonds is 4. The number of aromatic nitrogens is 3. The summed E-state index contributed by atoms with van der Waals surface area (Å²) in [4.78, 5) is 25.1. The Hall–Kier alpha value is -4.13. The Morgan fingerprint density at radius 2 is 1.77 bits per heavy atom. The Kier molecular flexibility index (Phi) is 4.21. The van der Waals surface area contributed by atoms with E-state index in [4.69, 9.17) is 9.15 Å². The molecule has 3 aromatic carbocycles. The first-order valence-corrected chi connectivity index (χ1v) is 9.37. The molecule has 2 heterocycles. The zero-order valence-electron chi connectivity index (χ0n) is 16.1. The van der Waals surface area contributed by atoms with Crippen LogP contribution in [0.15, 0.2) is 87.1 Å². The van der Waals surface area contributed by atoms with Crippen molar-refractivity contribution >= 4 is 21.7 Å². The lowest BCUT2D eigenvalue weighted by molar-refractivity contribution is 0.414. The number of fused-ring (bicyclic) bond motifs is 3. The molecule has 0 aliphatic heterocycles. The van der Waals surface area contributed by atoms with Gasteiger partial charge in [0, 0.05) is 16.8 Å². The van der Waals surface area contributed by atoms with Crippen LogP contribution in [-0.4, -0.2) is 21.5 Å². The number of hydrogen-bond donors (Lipinski definition) is 0. The molecule has 0 spiro atoms. The van der Waals surface area contributed by atoms with Gasteiger partial charge in [-0.25, -0.2) is 9.59 Å². The Bertz CT molecular complexity index is 1490. The minimum absolute atomic E-state index is 0.204. The van der Waals surface area contributed by atoms with Crippen LogP contribution in [0.3, 0.4) is 0 Å². The van der Waals surface area contributed by atoms with E-state index in [0.29, 0.717) is 22.6 Å². The second-order valence-corrected chi connectivity index (χ2v) is 6.91. The lowest BCUT2D eigenvalue weighted by Gasteiger charge is -2.08. The second kappa shape index (κ2) is 7.04. The predicted octanol–water partition coefficient (Wildman–Crippen LogP) is 3.35. The molecular weight excluding hydrogens is 382 g/mol. The minimum atomic E-state index is -0.454. The van der Waals surface area contributed by atoms with Crippen molar-refractivity contribution in [3.63, 3.8) is 0 Å².